The van der Waals surface area contributed by atoms with Crippen LogP contribution < -0.4 is 4.31 Å². The normalized spacial score (nSPS) is 19.3. The Hall–Kier alpha value is -2.05. The molecule has 0 aliphatic carbocycles. The number of rotatable bonds is 6. The third kappa shape index (κ3) is 4.60. The van der Waals surface area contributed by atoms with Crippen LogP contribution in [0, 0.1) is 0 Å². The predicted octanol–water partition coefficient (Wildman–Crippen LogP) is 5.62. The van der Waals surface area contributed by atoms with Crippen molar-refractivity contribution in [2.75, 3.05) is 17.1 Å². The summed E-state index contributed by atoms with van der Waals surface area (Å²) in [4.78, 5) is 2.32. The summed E-state index contributed by atoms with van der Waals surface area (Å²) in [6.45, 7) is 2.69. The molecular formula is C24H24Cl2N2O2S. The minimum absolute atomic E-state index is 0.00582. The highest BCUT2D eigenvalue weighted by molar-refractivity contribution is 7.92. The Bertz CT molecular complexity index is 1090. The van der Waals surface area contributed by atoms with Crippen molar-refractivity contribution in [1.82, 2.24) is 4.90 Å². The van der Waals surface area contributed by atoms with E-state index in [1.54, 1.807) is 4.31 Å². The highest BCUT2D eigenvalue weighted by atomic mass is 35.5. The highest BCUT2D eigenvalue weighted by Crippen LogP contribution is 2.40. The summed E-state index contributed by atoms with van der Waals surface area (Å²) in [5, 5.41) is 1.36. The molecule has 4 rings (SSSR count). The molecule has 7 heteroatoms. The summed E-state index contributed by atoms with van der Waals surface area (Å²) in [7, 11) is -3.43. The average Bonchev–Trinajstić information content (AvgIpc) is 2.74. The lowest BCUT2D eigenvalue weighted by molar-refractivity contribution is 0.0470. The third-order valence-corrected chi connectivity index (χ3v) is 7.55. The SMILES string of the molecule is CC1C(N(c2ccccc2)S(C)(=O)=O)CN1C(c1ccc(Cl)cc1)c1ccc(Cl)cc1. The van der Waals surface area contributed by atoms with E-state index < -0.39 is 10.0 Å². The van der Waals surface area contributed by atoms with Crippen molar-refractivity contribution in [1.29, 1.82) is 0 Å². The van der Waals surface area contributed by atoms with Crippen LogP contribution in [0.3, 0.4) is 0 Å². The summed E-state index contributed by atoms with van der Waals surface area (Å²) < 4.78 is 26.9. The second-order valence-electron chi connectivity index (χ2n) is 7.90. The monoisotopic (exact) mass is 474 g/mol. The Morgan fingerprint density at radius 2 is 1.35 bits per heavy atom. The molecule has 0 N–H and O–H groups in total. The summed E-state index contributed by atoms with van der Waals surface area (Å²) in [5.74, 6) is 0. The molecule has 0 saturated carbocycles. The van der Waals surface area contributed by atoms with Crippen LogP contribution in [0.25, 0.3) is 0 Å². The maximum atomic E-state index is 12.7. The van der Waals surface area contributed by atoms with Crippen LogP contribution in [0.15, 0.2) is 78.9 Å². The summed E-state index contributed by atoms with van der Waals surface area (Å²) in [5.41, 5.74) is 2.89. The van der Waals surface area contributed by atoms with Crippen LogP contribution in [0.2, 0.25) is 10.0 Å². The Morgan fingerprint density at radius 3 is 1.77 bits per heavy atom. The van der Waals surface area contributed by atoms with E-state index in [1.807, 2.05) is 78.9 Å². The van der Waals surface area contributed by atoms with Crippen LogP contribution in [0.5, 0.6) is 0 Å². The van der Waals surface area contributed by atoms with Crippen LogP contribution >= 0.6 is 23.2 Å². The van der Waals surface area contributed by atoms with Gasteiger partial charge in [0.05, 0.1) is 24.0 Å². The summed E-state index contributed by atoms with van der Waals surface area (Å²) >= 11 is 12.2. The lowest BCUT2D eigenvalue weighted by Gasteiger charge is -2.54. The van der Waals surface area contributed by atoms with Gasteiger partial charge in [0.15, 0.2) is 0 Å². The van der Waals surface area contributed by atoms with Crippen molar-refractivity contribution in [2.24, 2.45) is 0 Å². The smallest absolute Gasteiger partial charge is 0.232 e. The largest absolute Gasteiger partial charge is 0.285 e. The van der Waals surface area contributed by atoms with Crippen molar-refractivity contribution < 1.29 is 8.42 Å². The van der Waals surface area contributed by atoms with E-state index in [0.717, 1.165) is 11.1 Å². The standard InChI is InChI=1S/C24H24Cl2N2O2S/c1-17-23(28(31(2,29)30)22-6-4-3-5-7-22)16-27(17)24(18-8-12-20(25)13-9-18)19-10-14-21(26)15-11-19/h3-15,17,23-24H,16H2,1-2H3. The van der Waals surface area contributed by atoms with E-state index in [9.17, 15) is 8.42 Å². The third-order valence-electron chi connectivity index (χ3n) is 5.85. The zero-order valence-corrected chi connectivity index (χ0v) is 19.6. The second-order valence-corrected chi connectivity index (χ2v) is 10.6. The van der Waals surface area contributed by atoms with Crippen LogP contribution in [0.1, 0.15) is 24.1 Å². The predicted molar refractivity (Wildman–Crippen MR) is 128 cm³/mol. The number of anilines is 1. The molecule has 0 radical (unpaired) electrons. The number of benzene rings is 3. The molecule has 3 aromatic rings. The molecule has 2 unspecified atom stereocenters. The Kier molecular flexibility index (Phi) is 6.31. The molecule has 1 heterocycles. The Balaban J connectivity index is 1.68. The first-order chi connectivity index (χ1) is 14.8. The topological polar surface area (TPSA) is 40.6 Å². The summed E-state index contributed by atoms with van der Waals surface area (Å²) in [6, 6.07) is 24.7. The minimum atomic E-state index is -3.43. The molecule has 3 aromatic carbocycles. The number of likely N-dealkylation sites (tertiary alicyclic amines) is 1. The molecule has 1 fully saturated rings. The lowest BCUT2D eigenvalue weighted by atomic mass is 9.88. The number of hydrogen-bond acceptors (Lipinski definition) is 3. The molecule has 0 bridgehead atoms. The molecule has 0 spiro atoms. The lowest BCUT2D eigenvalue weighted by Crippen LogP contribution is -2.67. The molecule has 162 valence electrons. The molecule has 2 atom stereocenters. The first-order valence-corrected chi connectivity index (χ1v) is 12.7. The van der Waals surface area contributed by atoms with E-state index in [0.29, 0.717) is 22.3 Å². The minimum Gasteiger partial charge on any atom is -0.285 e. The van der Waals surface area contributed by atoms with Gasteiger partial charge in [0, 0.05) is 22.6 Å². The van der Waals surface area contributed by atoms with Gasteiger partial charge in [0.2, 0.25) is 10.0 Å². The van der Waals surface area contributed by atoms with Crippen molar-refractivity contribution in [2.45, 2.75) is 25.0 Å². The number of halogens is 2. The summed E-state index contributed by atoms with van der Waals surface area (Å²) in [6.07, 6.45) is 1.27. The number of para-hydroxylation sites is 1. The highest BCUT2D eigenvalue weighted by Gasteiger charge is 2.46. The average molecular weight is 475 g/mol. The molecule has 1 aliphatic heterocycles. The van der Waals surface area contributed by atoms with E-state index in [4.69, 9.17) is 23.2 Å². The fraction of sp³-hybridized carbons (Fsp3) is 0.250. The van der Waals surface area contributed by atoms with Gasteiger partial charge >= 0.3 is 0 Å². The number of nitrogens with zero attached hydrogens (tertiary/aromatic N) is 2. The molecular weight excluding hydrogens is 451 g/mol. The zero-order valence-electron chi connectivity index (χ0n) is 17.3. The van der Waals surface area contributed by atoms with Crippen LogP contribution in [-0.4, -0.2) is 38.2 Å². The molecule has 1 aliphatic rings. The quantitative estimate of drug-likeness (QED) is 0.465. The fourth-order valence-electron chi connectivity index (χ4n) is 4.30. The molecule has 0 amide bonds. The first kappa shape index (κ1) is 22.2. The number of hydrogen-bond donors (Lipinski definition) is 0. The maximum absolute atomic E-state index is 12.7. The van der Waals surface area contributed by atoms with Crippen molar-refractivity contribution in [3.8, 4) is 0 Å². The zero-order chi connectivity index (χ0) is 22.2. The molecule has 1 saturated heterocycles. The van der Waals surface area contributed by atoms with Gasteiger partial charge in [0.25, 0.3) is 0 Å². The Morgan fingerprint density at radius 1 is 0.871 bits per heavy atom. The van der Waals surface area contributed by atoms with Crippen molar-refractivity contribution >= 4 is 38.9 Å². The van der Waals surface area contributed by atoms with E-state index in [2.05, 4.69) is 11.8 Å². The van der Waals surface area contributed by atoms with E-state index in [-0.39, 0.29) is 18.1 Å². The second kappa shape index (κ2) is 8.83. The van der Waals surface area contributed by atoms with Gasteiger partial charge in [0.1, 0.15) is 0 Å². The van der Waals surface area contributed by atoms with Crippen LogP contribution in [0.4, 0.5) is 5.69 Å². The van der Waals surface area contributed by atoms with E-state index >= 15 is 0 Å². The number of sulfonamides is 1. The van der Waals surface area contributed by atoms with Gasteiger partial charge in [-0.05, 0) is 54.4 Å². The van der Waals surface area contributed by atoms with Crippen LogP contribution in [-0.2, 0) is 10.0 Å². The maximum Gasteiger partial charge on any atom is 0.232 e. The van der Waals surface area contributed by atoms with Gasteiger partial charge in [-0.3, -0.25) is 9.21 Å². The van der Waals surface area contributed by atoms with Gasteiger partial charge in [-0.15, -0.1) is 0 Å². The van der Waals surface area contributed by atoms with Gasteiger partial charge < -0.3 is 0 Å². The van der Waals surface area contributed by atoms with E-state index in [1.165, 1.54) is 6.26 Å². The molecule has 31 heavy (non-hydrogen) atoms. The molecule has 0 aromatic heterocycles. The van der Waals surface area contributed by atoms with Crippen molar-refractivity contribution in [3.63, 3.8) is 0 Å². The van der Waals surface area contributed by atoms with Gasteiger partial charge in [-0.1, -0.05) is 65.7 Å². The van der Waals surface area contributed by atoms with Gasteiger partial charge in [-0.25, -0.2) is 8.42 Å². The Labute approximate surface area is 194 Å². The molecule has 4 nitrogen and oxygen atoms in total. The van der Waals surface area contributed by atoms with Crippen molar-refractivity contribution in [3.05, 3.63) is 100 Å². The van der Waals surface area contributed by atoms with Gasteiger partial charge in [-0.2, -0.15) is 0 Å². The fourth-order valence-corrected chi connectivity index (χ4v) is 5.79. The first-order valence-electron chi connectivity index (χ1n) is 10.1.